The van der Waals surface area contributed by atoms with Gasteiger partial charge in [0.1, 0.15) is 11.2 Å². The summed E-state index contributed by atoms with van der Waals surface area (Å²) in [6.45, 7) is 8.84. The summed E-state index contributed by atoms with van der Waals surface area (Å²) in [5.74, 6) is 3.42. The molecule has 10 bridgehead atoms. The van der Waals surface area contributed by atoms with Gasteiger partial charge in [0.2, 0.25) is 0 Å². The van der Waals surface area contributed by atoms with Gasteiger partial charge in [-0.15, -0.1) is 0 Å². The van der Waals surface area contributed by atoms with Crippen molar-refractivity contribution >= 4 is 11.9 Å². The molecule has 4 aliphatic carbocycles. The van der Waals surface area contributed by atoms with Crippen molar-refractivity contribution in [1.82, 2.24) is 9.80 Å². The fourth-order valence-electron chi connectivity index (χ4n) is 15.5. The van der Waals surface area contributed by atoms with Gasteiger partial charge in [-0.2, -0.15) is 0 Å². The first-order valence-electron chi connectivity index (χ1n) is 22.3. The third kappa shape index (κ3) is 4.27. The van der Waals surface area contributed by atoms with Crippen LogP contribution in [0, 0.1) is 46.3 Å². The number of carbonyl (C=O) groups excluding carboxylic acids is 2. The summed E-state index contributed by atoms with van der Waals surface area (Å²) in [7, 11) is 0. The summed E-state index contributed by atoms with van der Waals surface area (Å²) in [6, 6.07) is 7.46. The first-order chi connectivity index (χ1) is 26.3. The van der Waals surface area contributed by atoms with E-state index in [2.05, 4.69) is 54.0 Å². The second-order valence-corrected chi connectivity index (χ2v) is 19.7. The van der Waals surface area contributed by atoms with Crippen molar-refractivity contribution in [2.75, 3.05) is 26.2 Å². The Balaban J connectivity index is 1.15. The Morgan fingerprint density at radius 1 is 1.00 bits per heavy atom. The van der Waals surface area contributed by atoms with Crippen molar-refractivity contribution in [3.05, 3.63) is 69.6 Å². The highest BCUT2D eigenvalue weighted by molar-refractivity contribution is 5.99. The molecule has 288 valence electrons. The van der Waals surface area contributed by atoms with Crippen LogP contribution in [-0.2, 0) is 26.3 Å². The number of benzene rings is 1. The van der Waals surface area contributed by atoms with Crippen LogP contribution in [0.5, 0.6) is 0 Å². The van der Waals surface area contributed by atoms with E-state index < -0.39 is 16.4 Å². The maximum Gasteiger partial charge on any atom is 0.339 e. The minimum atomic E-state index is -0.924. The van der Waals surface area contributed by atoms with Gasteiger partial charge in [0, 0.05) is 54.8 Å². The van der Waals surface area contributed by atoms with Crippen LogP contribution in [0.4, 0.5) is 0 Å². The SMILES string of the molecule is CCCC1C23C=C4CCC2(C(=CCC(C2CCCC2)N2CC5CC(C2)C2CCC6=C(C4CC(C)C6)N2C5)OC3=O)C12OC(=O)c1c(CCCN)cccc12. The van der Waals surface area contributed by atoms with Gasteiger partial charge in [0.05, 0.1) is 11.0 Å². The number of fused-ring (bicyclic) bond motifs is 2. The fourth-order valence-corrected chi connectivity index (χ4v) is 15.5. The standard InChI is InChI=1S/C47H61N3O4/c1-3-8-39-45-24-33-18-19-46(45,47(39)36-13-6-11-31(12-7-20-48)41(36)43(51)54-47)40(53-44(45)52)17-16-37(30-9-4-5-10-30)49-25-29-23-34(27-49)38-15-14-32-21-28(2)22-35(33)42(32)50(38)26-29/h6,11,13,17,24,28-30,34-35,37-39H,3-5,7-10,12,14-16,18-23,25-27,48H2,1-2H3. The predicted octanol–water partition coefficient (Wildman–Crippen LogP) is 8.19. The van der Waals surface area contributed by atoms with E-state index in [1.54, 1.807) is 11.3 Å². The van der Waals surface area contributed by atoms with E-state index in [-0.39, 0.29) is 17.9 Å². The number of hydrogen-bond acceptors (Lipinski definition) is 7. The zero-order valence-electron chi connectivity index (χ0n) is 32.8. The van der Waals surface area contributed by atoms with E-state index in [0.717, 1.165) is 79.7 Å². The van der Waals surface area contributed by atoms with Crippen LogP contribution in [0.3, 0.4) is 0 Å². The minimum absolute atomic E-state index is 0.0926. The summed E-state index contributed by atoms with van der Waals surface area (Å²) in [5, 5.41) is 0. The van der Waals surface area contributed by atoms with Gasteiger partial charge in [-0.25, -0.2) is 4.79 Å². The highest BCUT2D eigenvalue weighted by atomic mass is 16.6. The van der Waals surface area contributed by atoms with Gasteiger partial charge < -0.3 is 20.1 Å². The van der Waals surface area contributed by atoms with Crippen molar-refractivity contribution < 1.29 is 19.1 Å². The van der Waals surface area contributed by atoms with Gasteiger partial charge in [0.25, 0.3) is 0 Å². The molecular formula is C47H61N3O4. The van der Waals surface area contributed by atoms with E-state index in [9.17, 15) is 4.79 Å². The van der Waals surface area contributed by atoms with E-state index in [0.29, 0.717) is 42.3 Å². The van der Waals surface area contributed by atoms with Gasteiger partial charge in [-0.05, 0) is 125 Å². The molecular weight excluding hydrogens is 671 g/mol. The first kappa shape index (κ1) is 34.4. The van der Waals surface area contributed by atoms with Crippen molar-refractivity contribution in [2.24, 2.45) is 52.1 Å². The average Bonchev–Trinajstić information content (AvgIpc) is 3.87. The lowest BCUT2D eigenvalue weighted by Gasteiger charge is -2.69. The van der Waals surface area contributed by atoms with Crippen molar-refractivity contribution in [3.8, 4) is 0 Å². The Morgan fingerprint density at radius 3 is 2.70 bits per heavy atom. The molecule has 0 radical (unpaired) electrons. The fraction of sp³-hybridized carbons (Fsp3) is 0.702. The summed E-state index contributed by atoms with van der Waals surface area (Å²) in [5.41, 5.74) is 11.1. The van der Waals surface area contributed by atoms with Gasteiger partial charge >= 0.3 is 11.9 Å². The number of rotatable bonds is 6. The van der Waals surface area contributed by atoms with Crippen LogP contribution < -0.4 is 5.73 Å². The number of allylic oxidation sites excluding steroid dienone is 2. The first-order valence-corrected chi connectivity index (χ1v) is 22.3. The lowest BCUT2D eigenvalue weighted by Crippen LogP contribution is -2.75. The van der Waals surface area contributed by atoms with Gasteiger partial charge in [0.15, 0.2) is 5.60 Å². The molecule has 0 aromatic heterocycles. The Labute approximate surface area is 322 Å². The number of hydrogen-bond donors (Lipinski definition) is 1. The lowest BCUT2D eigenvalue weighted by atomic mass is 9.31. The number of piperidine rings is 2. The van der Waals surface area contributed by atoms with Gasteiger partial charge in [-0.1, -0.05) is 68.5 Å². The second kappa shape index (κ2) is 12.3. The van der Waals surface area contributed by atoms with E-state index in [1.165, 1.54) is 76.6 Å². The number of nitrogens with zero attached hydrogens (tertiary/aromatic N) is 2. The minimum Gasteiger partial charge on any atom is -0.449 e. The van der Waals surface area contributed by atoms with Crippen LogP contribution in [0.15, 0.2) is 53.0 Å². The maximum absolute atomic E-state index is 15.2. The van der Waals surface area contributed by atoms with Crippen LogP contribution in [0.25, 0.3) is 0 Å². The third-order valence-electron chi connectivity index (χ3n) is 17.2. The molecule has 2 spiro atoms. The van der Waals surface area contributed by atoms with Crippen LogP contribution in [0.1, 0.15) is 132 Å². The Morgan fingerprint density at radius 2 is 1.87 bits per heavy atom. The predicted molar refractivity (Wildman–Crippen MR) is 208 cm³/mol. The summed E-state index contributed by atoms with van der Waals surface area (Å²) in [6.07, 6.45) is 22.3. The van der Waals surface area contributed by atoms with Crippen molar-refractivity contribution in [2.45, 2.75) is 134 Å². The molecule has 9 aliphatic heterocycles. The molecule has 3 saturated heterocycles. The number of esters is 2. The highest BCUT2D eigenvalue weighted by Crippen LogP contribution is 2.84. The third-order valence-corrected chi connectivity index (χ3v) is 17.2. The molecule has 54 heavy (non-hydrogen) atoms. The molecule has 9 heterocycles. The quantitative estimate of drug-likeness (QED) is 0.233. The van der Waals surface area contributed by atoms with Crippen LogP contribution in [0.2, 0.25) is 0 Å². The van der Waals surface area contributed by atoms with Gasteiger partial charge in [-0.3, -0.25) is 9.69 Å². The molecule has 7 heteroatoms. The van der Waals surface area contributed by atoms with E-state index >= 15 is 4.79 Å². The Hall–Kier alpha value is -2.90. The molecule has 7 nitrogen and oxygen atoms in total. The molecule has 0 amide bonds. The maximum atomic E-state index is 15.2. The second-order valence-electron chi connectivity index (χ2n) is 19.7. The molecule has 1 aromatic rings. The summed E-state index contributed by atoms with van der Waals surface area (Å²) >= 11 is 0. The van der Waals surface area contributed by atoms with Crippen LogP contribution in [-0.4, -0.2) is 60.0 Å². The smallest absolute Gasteiger partial charge is 0.339 e. The summed E-state index contributed by atoms with van der Waals surface area (Å²) < 4.78 is 13.8. The zero-order valence-corrected chi connectivity index (χ0v) is 32.8. The van der Waals surface area contributed by atoms with E-state index in [1.807, 2.05) is 0 Å². The monoisotopic (exact) mass is 731 g/mol. The lowest BCUT2D eigenvalue weighted by molar-refractivity contribution is -0.271. The van der Waals surface area contributed by atoms with E-state index in [4.69, 9.17) is 15.2 Å². The summed E-state index contributed by atoms with van der Waals surface area (Å²) in [4.78, 5) is 35.5. The molecule has 5 fully saturated rings. The largest absolute Gasteiger partial charge is 0.449 e. The number of aryl methyl sites for hydroxylation is 1. The molecule has 2 saturated carbocycles. The molecule has 1 aromatic carbocycles. The molecule has 11 atom stereocenters. The number of nitrogens with two attached hydrogens (primary N) is 1. The number of carbonyl (C=O) groups is 2. The Kier molecular flexibility index (Phi) is 7.82. The molecule has 11 unspecified atom stereocenters. The van der Waals surface area contributed by atoms with Crippen LogP contribution >= 0.6 is 0 Å². The molecule has 14 rings (SSSR count). The van der Waals surface area contributed by atoms with Crippen molar-refractivity contribution in [3.63, 3.8) is 0 Å². The number of ether oxygens (including phenoxy) is 2. The zero-order chi connectivity index (χ0) is 36.6. The molecule has 13 aliphatic rings. The highest BCUT2D eigenvalue weighted by Gasteiger charge is 2.91. The molecule has 2 N–H and O–H groups in total. The average molecular weight is 732 g/mol. The van der Waals surface area contributed by atoms with Crippen molar-refractivity contribution in [1.29, 1.82) is 0 Å². The topological polar surface area (TPSA) is 85.1 Å². The normalized spacial score (nSPS) is 43.0. The Bertz CT molecular complexity index is 1870.